The predicted octanol–water partition coefficient (Wildman–Crippen LogP) is 8.08. The van der Waals surface area contributed by atoms with Crippen LogP contribution in [0.4, 0.5) is 5.69 Å². The highest BCUT2D eigenvalue weighted by atomic mass is 35.5. The van der Waals surface area contributed by atoms with Gasteiger partial charge < -0.3 is 30.1 Å². The number of hydrogen-bond donors (Lipinski definition) is 3. The van der Waals surface area contributed by atoms with Crippen molar-refractivity contribution < 1.29 is 33.8 Å². The molecule has 2 amide bonds. The first-order valence-electron chi connectivity index (χ1n) is 25.4. The summed E-state index contributed by atoms with van der Waals surface area (Å²) < 4.78 is 16.8. The van der Waals surface area contributed by atoms with Crippen LogP contribution in [0.1, 0.15) is 127 Å². The fraction of sp³-hybridized carbons (Fsp3) is 0.362. The molecule has 6 heterocycles. The lowest BCUT2D eigenvalue weighted by Gasteiger charge is -2.39. The minimum absolute atomic E-state index is 0.0987. The molecule has 0 saturated heterocycles. The van der Waals surface area contributed by atoms with Gasteiger partial charge in [-0.25, -0.2) is 9.37 Å². The highest BCUT2D eigenvalue weighted by molar-refractivity contribution is 6.30. The number of carboxylic acids is 1. The van der Waals surface area contributed by atoms with Gasteiger partial charge in [0.05, 0.1) is 30.2 Å². The topological polar surface area (TPSA) is 142 Å². The standard InChI is InChI=1S/C58H58ClN5O7/c1-34-44(45-32-40(70-2)20-22-49(45)64(34)57(67)35-15-18-39(59)19-16-35)33-50(65)60-23-5-3-4-6-24-61-56(66)38-17-21-41(46(31-38)58(68)69)51-47-29-36-11-7-25-62-27-9-13-42(52(36)62)54(47)71-55-43-14-10-28-63-26-8-12-37(53(43)63)30-48(51)55/h15-22,29-32H,3-14,23-28,33H2,1-2H3,(H2-,60,61,65,66,68,69)/p+1. The Balaban J connectivity index is 0.760. The lowest BCUT2D eigenvalue weighted by Crippen LogP contribution is -2.45. The maximum Gasteiger partial charge on any atom is 0.336 e. The predicted molar refractivity (Wildman–Crippen MR) is 276 cm³/mol. The number of aryl methyl sites for hydroxylation is 2. The number of benzene rings is 5. The molecule has 364 valence electrons. The van der Waals surface area contributed by atoms with Crippen LogP contribution in [0.5, 0.6) is 17.2 Å². The van der Waals surface area contributed by atoms with Crippen LogP contribution in [-0.2, 0) is 36.9 Å². The molecule has 0 spiro atoms. The average Bonchev–Trinajstić information content (AvgIpc) is 3.65. The quantitative estimate of drug-likeness (QED) is 0.0734. The summed E-state index contributed by atoms with van der Waals surface area (Å²) in [5.74, 6) is 0.619. The number of rotatable bonds is 14. The number of aromatic carboxylic acids is 1. The van der Waals surface area contributed by atoms with Gasteiger partial charge in [0, 0.05) is 99.4 Å². The summed E-state index contributed by atoms with van der Waals surface area (Å²) in [6.45, 7) is 6.94. The molecule has 3 N–H and O–H groups in total. The van der Waals surface area contributed by atoms with E-state index in [9.17, 15) is 24.3 Å². The van der Waals surface area contributed by atoms with Crippen LogP contribution in [0.25, 0.3) is 16.5 Å². The highest BCUT2D eigenvalue weighted by Gasteiger charge is 2.37. The van der Waals surface area contributed by atoms with Crippen molar-refractivity contribution in [3.8, 4) is 17.2 Å². The smallest absolute Gasteiger partial charge is 0.336 e. The van der Waals surface area contributed by atoms with Crippen LogP contribution >= 0.6 is 11.6 Å². The fourth-order valence-electron chi connectivity index (χ4n) is 12.0. The third kappa shape index (κ3) is 8.53. The monoisotopic (exact) mass is 972 g/mol. The number of amides is 2. The molecule has 0 radical (unpaired) electrons. The Bertz CT molecular complexity index is 3330. The zero-order valence-electron chi connectivity index (χ0n) is 40.5. The van der Waals surface area contributed by atoms with Crippen molar-refractivity contribution in [2.45, 2.75) is 90.4 Å². The van der Waals surface area contributed by atoms with Crippen molar-refractivity contribution in [2.24, 2.45) is 0 Å². The first-order chi connectivity index (χ1) is 34.6. The average molecular weight is 974 g/mol. The number of anilines is 1. The van der Waals surface area contributed by atoms with Crippen LogP contribution in [0.2, 0.25) is 5.02 Å². The summed E-state index contributed by atoms with van der Waals surface area (Å²) in [6.07, 6.45) is 11.3. The number of carbonyl (C=O) groups is 4. The number of hydrogen-bond acceptors (Lipinski definition) is 7. The molecule has 0 atom stereocenters. The molecule has 0 unspecified atom stereocenters. The second kappa shape index (κ2) is 19.4. The highest BCUT2D eigenvalue weighted by Crippen LogP contribution is 2.49. The summed E-state index contributed by atoms with van der Waals surface area (Å²) in [5, 5.41) is 20.6. The Hall–Kier alpha value is -6.92. The van der Waals surface area contributed by atoms with E-state index in [-0.39, 0.29) is 29.7 Å². The lowest BCUT2D eigenvalue weighted by atomic mass is 9.81. The zero-order valence-corrected chi connectivity index (χ0v) is 41.2. The van der Waals surface area contributed by atoms with Gasteiger partial charge in [0.25, 0.3) is 11.8 Å². The van der Waals surface area contributed by atoms with Gasteiger partial charge in [-0.3, -0.25) is 19.0 Å². The van der Waals surface area contributed by atoms with Crippen LogP contribution < -0.4 is 40.2 Å². The first kappa shape index (κ1) is 46.5. The van der Waals surface area contributed by atoms with Crippen LogP contribution in [0.15, 0.2) is 72.8 Å². The summed E-state index contributed by atoms with van der Waals surface area (Å²) >= 11 is 6.09. The maximum absolute atomic E-state index is 13.7. The van der Waals surface area contributed by atoms with Gasteiger partial charge in [0.15, 0.2) is 0 Å². The molecule has 71 heavy (non-hydrogen) atoms. The van der Waals surface area contributed by atoms with Gasteiger partial charge in [0.1, 0.15) is 30.3 Å². The second-order valence-corrected chi connectivity index (χ2v) is 20.1. The molecule has 0 saturated carbocycles. The summed E-state index contributed by atoms with van der Waals surface area (Å²) in [5.41, 5.74) is 11.9. The molecule has 11 rings (SSSR count). The number of carboxylic acid groups (broad SMARTS) is 1. The third-order valence-electron chi connectivity index (χ3n) is 15.4. The molecule has 5 aliphatic heterocycles. The molecule has 5 aromatic carbocycles. The van der Waals surface area contributed by atoms with Crippen molar-refractivity contribution in [3.63, 3.8) is 0 Å². The Labute approximate surface area is 417 Å². The van der Waals surface area contributed by atoms with Crippen molar-refractivity contribution >= 4 is 57.5 Å². The molecule has 13 heteroatoms. The van der Waals surface area contributed by atoms with Gasteiger partial charge in [0.2, 0.25) is 11.3 Å². The van der Waals surface area contributed by atoms with E-state index in [0.717, 1.165) is 142 Å². The fourth-order valence-corrected chi connectivity index (χ4v) is 12.2. The summed E-state index contributed by atoms with van der Waals surface area (Å²) in [7, 11) is 1.59. The Morgan fingerprint density at radius 2 is 1.48 bits per heavy atom. The Morgan fingerprint density at radius 1 is 0.761 bits per heavy atom. The van der Waals surface area contributed by atoms with E-state index in [0.29, 0.717) is 51.8 Å². The molecule has 5 aliphatic rings. The molecular weight excluding hydrogens is 914 g/mol. The summed E-state index contributed by atoms with van der Waals surface area (Å²) in [6, 6.07) is 22.0. The van der Waals surface area contributed by atoms with E-state index in [2.05, 4.69) is 32.2 Å². The van der Waals surface area contributed by atoms with Crippen LogP contribution in [-0.4, -0.2) is 79.7 Å². The number of halogens is 1. The number of unbranched alkanes of at least 4 members (excludes halogenated alkanes) is 3. The minimum atomic E-state index is -1.08. The van der Waals surface area contributed by atoms with Crippen molar-refractivity contribution in [1.29, 1.82) is 0 Å². The number of carbonyl (C=O) groups excluding carboxylic acids is 3. The number of fused-ring (bicyclic) bond motifs is 5. The SMILES string of the molecule is COc1ccc2c(c1)c(CC(=O)NCCCCCCNC(=O)c1ccc(C3=c4cc5c6c(c4Oc4c3cc3c7c4CCCN7CCC3)CCC[N+]=6CCC5)c(C(=O)O)c1)c(C)n2C(=O)c1ccc(Cl)cc1. The van der Waals surface area contributed by atoms with E-state index in [1.807, 2.05) is 25.1 Å². The van der Waals surface area contributed by atoms with E-state index >= 15 is 0 Å². The first-order valence-corrected chi connectivity index (χ1v) is 25.8. The third-order valence-corrected chi connectivity index (χ3v) is 15.6. The van der Waals surface area contributed by atoms with Gasteiger partial charge in [-0.05, 0) is 142 Å². The van der Waals surface area contributed by atoms with E-state index in [1.54, 1.807) is 54.1 Å². The lowest BCUT2D eigenvalue weighted by molar-refractivity contribution is -0.120. The molecular formula is C58H59ClN5O7+. The molecule has 0 fully saturated rings. The van der Waals surface area contributed by atoms with Gasteiger partial charge >= 0.3 is 5.97 Å². The normalized spacial score (nSPS) is 15.3. The van der Waals surface area contributed by atoms with Crippen LogP contribution in [0.3, 0.4) is 0 Å². The van der Waals surface area contributed by atoms with Crippen molar-refractivity contribution in [2.75, 3.05) is 51.3 Å². The zero-order chi connectivity index (χ0) is 48.9. The molecule has 0 aliphatic carbocycles. The Kier molecular flexibility index (Phi) is 12.7. The van der Waals surface area contributed by atoms with Crippen LogP contribution in [0, 0.1) is 6.92 Å². The number of ether oxygens (including phenoxy) is 2. The van der Waals surface area contributed by atoms with Gasteiger partial charge in [-0.2, -0.15) is 0 Å². The number of nitrogens with zero attached hydrogens (tertiary/aromatic N) is 3. The van der Waals surface area contributed by atoms with E-state index in [4.69, 9.17) is 21.1 Å². The summed E-state index contributed by atoms with van der Waals surface area (Å²) in [4.78, 5) is 56.5. The number of methoxy groups -OCH3 is 1. The van der Waals surface area contributed by atoms with Crippen molar-refractivity contribution in [1.82, 2.24) is 19.8 Å². The van der Waals surface area contributed by atoms with E-state index < -0.39 is 5.97 Å². The number of aromatic nitrogens is 1. The molecule has 0 bridgehead atoms. The number of nitrogens with one attached hydrogen (secondary N) is 2. The van der Waals surface area contributed by atoms with E-state index in [1.165, 1.54) is 33.3 Å². The largest absolute Gasteiger partial charge is 0.497 e. The molecule has 6 aromatic rings. The molecule has 12 nitrogen and oxygen atoms in total. The maximum atomic E-state index is 13.7. The van der Waals surface area contributed by atoms with Gasteiger partial charge in [-0.1, -0.05) is 30.5 Å². The second-order valence-electron chi connectivity index (χ2n) is 19.7. The minimum Gasteiger partial charge on any atom is -0.497 e. The Morgan fingerprint density at radius 3 is 2.25 bits per heavy atom. The van der Waals surface area contributed by atoms with Crippen molar-refractivity contribution in [3.05, 3.63) is 150 Å². The van der Waals surface area contributed by atoms with Gasteiger partial charge in [-0.15, -0.1) is 0 Å². The molecule has 1 aromatic heterocycles.